The zero-order valence-electron chi connectivity index (χ0n) is 9.87. The van der Waals surface area contributed by atoms with E-state index in [0.717, 1.165) is 13.1 Å². The van der Waals surface area contributed by atoms with Crippen molar-refractivity contribution in [3.63, 3.8) is 0 Å². The highest BCUT2D eigenvalue weighted by Crippen LogP contribution is 1.93. The SMILES string of the molecule is Cl.Cl.O=C(NCCn1ccnc1)C1COCCN1. The van der Waals surface area contributed by atoms with Crippen LogP contribution in [0.15, 0.2) is 18.7 Å². The molecule has 1 atom stereocenters. The highest BCUT2D eigenvalue weighted by molar-refractivity contribution is 5.85. The molecule has 0 radical (unpaired) electrons. The number of carbonyl (C=O) groups excluding carboxylic acids is 1. The van der Waals surface area contributed by atoms with Crippen molar-refractivity contribution in [2.24, 2.45) is 0 Å². The van der Waals surface area contributed by atoms with Crippen LogP contribution in [0.25, 0.3) is 0 Å². The van der Waals surface area contributed by atoms with Crippen LogP contribution in [0.4, 0.5) is 0 Å². The van der Waals surface area contributed by atoms with Crippen LogP contribution in [-0.4, -0.2) is 47.8 Å². The third-order valence-electron chi connectivity index (χ3n) is 2.47. The molecule has 1 aliphatic heterocycles. The number of morpholine rings is 1. The maximum Gasteiger partial charge on any atom is 0.239 e. The summed E-state index contributed by atoms with van der Waals surface area (Å²) in [5.41, 5.74) is 0. The van der Waals surface area contributed by atoms with Crippen molar-refractivity contribution in [1.29, 1.82) is 0 Å². The lowest BCUT2D eigenvalue weighted by molar-refractivity contribution is -0.125. The van der Waals surface area contributed by atoms with Gasteiger partial charge in [0, 0.05) is 32.0 Å². The molecule has 6 nitrogen and oxygen atoms in total. The van der Waals surface area contributed by atoms with Gasteiger partial charge >= 0.3 is 0 Å². The molecule has 2 N–H and O–H groups in total. The van der Waals surface area contributed by atoms with Gasteiger partial charge in [0.1, 0.15) is 6.04 Å². The first kappa shape index (κ1) is 17.2. The number of ether oxygens (including phenoxy) is 1. The van der Waals surface area contributed by atoms with Crippen LogP contribution in [0.3, 0.4) is 0 Å². The summed E-state index contributed by atoms with van der Waals surface area (Å²) in [7, 11) is 0. The summed E-state index contributed by atoms with van der Waals surface area (Å²) < 4.78 is 7.14. The van der Waals surface area contributed by atoms with E-state index in [4.69, 9.17) is 4.74 Å². The average Bonchev–Trinajstić information content (AvgIpc) is 2.83. The normalized spacial score (nSPS) is 18.3. The molecule has 0 saturated carbocycles. The Morgan fingerprint density at radius 2 is 2.39 bits per heavy atom. The number of halogens is 2. The fourth-order valence-corrected chi connectivity index (χ4v) is 1.58. The van der Waals surface area contributed by atoms with Crippen LogP contribution in [0.1, 0.15) is 0 Å². The van der Waals surface area contributed by atoms with Crippen LogP contribution in [0, 0.1) is 0 Å². The summed E-state index contributed by atoms with van der Waals surface area (Å²) in [6.45, 7) is 3.21. The number of rotatable bonds is 4. The highest BCUT2D eigenvalue weighted by atomic mass is 35.5. The van der Waals surface area contributed by atoms with Crippen molar-refractivity contribution in [3.8, 4) is 0 Å². The molecule has 0 aliphatic carbocycles. The minimum Gasteiger partial charge on any atom is -0.378 e. The number of hydrogen-bond acceptors (Lipinski definition) is 4. The van der Waals surface area contributed by atoms with E-state index < -0.39 is 0 Å². The first-order valence-corrected chi connectivity index (χ1v) is 5.41. The quantitative estimate of drug-likeness (QED) is 0.810. The molecule has 1 aromatic heterocycles. The Hall–Kier alpha value is -0.820. The van der Waals surface area contributed by atoms with Crippen molar-refractivity contribution in [2.75, 3.05) is 26.3 Å². The minimum absolute atomic E-state index is 0. The fourth-order valence-electron chi connectivity index (χ4n) is 1.58. The molecule has 1 fully saturated rings. The van der Waals surface area contributed by atoms with Gasteiger partial charge < -0.3 is 19.9 Å². The molecule has 104 valence electrons. The molecule has 2 heterocycles. The third-order valence-corrected chi connectivity index (χ3v) is 2.47. The van der Waals surface area contributed by atoms with Gasteiger partial charge in [0.05, 0.1) is 19.5 Å². The van der Waals surface area contributed by atoms with E-state index in [2.05, 4.69) is 15.6 Å². The summed E-state index contributed by atoms with van der Waals surface area (Å²) in [5, 5.41) is 5.97. The molecule has 0 spiro atoms. The molecular formula is C10H18Cl2N4O2. The maximum atomic E-state index is 11.6. The lowest BCUT2D eigenvalue weighted by Crippen LogP contribution is -2.51. The standard InChI is InChI=1S/C10H16N4O2.2ClH/c15-10(9-7-16-6-3-12-9)13-2-5-14-4-1-11-8-14;;/h1,4,8-9,12H,2-3,5-7H2,(H,13,15);2*1H. The summed E-state index contributed by atoms with van der Waals surface area (Å²) in [6, 6.07) is -0.212. The Labute approximate surface area is 118 Å². The first-order valence-electron chi connectivity index (χ1n) is 5.41. The van der Waals surface area contributed by atoms with Crippen molar-refractivity contribution >= 4 is 30.7 Å². The van der Waals surface area contributed by atoms with E-state index in [1.165, 1.54) is 0 Å². The highest BCUT2D eigenvalue weighted by Gasteiger charge is 2.20. The second-order valence-corrected chi connectivity index (χ2v) is 3.67. The molecule has 1 amide bonds. The van der Waals surface area contributed by atoms with Gasteiger partial charge in [-0.25, -0.2) is 4.98 Å². The Bertz CT molecular complexity index is 329. The van der Waals surface area contributed by atoms with Crippen LogP contribution < -0.4 is 10.6 Å². The van der Waals surface area contributed by atoms with E-state index in [1.54, 1.807) is 12.5 Å². The van der Waals surface area contributed by atoms with Crippen molar-refractivity contribution in [1.82, 2.24) is 20.2 Å². The molecule has 1 aromatic rings. The number of hydrogen-bond donors (Lipinski definition) is 2. The van der Waals surface area contributed by atoms with Crippen LogP contribution in [0.5, 0.6) is 0 Å². The summed E-state index contributed by atoms with van der Waals surface area (Å²) in [6.07, 6.45) is 5.32. The number of imidazole rings is 1. The van der Waals surface area contributed by atoms with Gasteiger partial charge in [0.2, 0.25) is 5.91 Å². The number of nitrogens with one attached hydrogen (secondary N) is 2. The number of aromatic nitrogens is 2. The van der Waals surface area contributed by atoms with Gasteiger partial charge in [0.25, 0.3) is 0 Å². The van der Waals surface area contributed by atoms with E-state index in [1.807, 2.05) is 10.8 Å². The van der Waals surface area contributed by atoms with Crippen LogP contribution >= 0.6 is 24.8 Å². The summed E-state index contributed by atoms with van der Waals surface area (Å²) in [5.74, 6) is -0.000171. The van der Waals surface area contributed by atoms with E-state index in [-0.39, 0.29) is 36.8 Å². The van der Waals surface area contributed by atoms with Crippen molar-refractivity contribution in [3.05, 3.63) is 18.7 Å². The molecule has 0 bridgehead atoms. The Morgan fingerprint density at radius 3 is 3.00 bits per heavy atom. The third kappa shape index (κ3) is 5.22. The Kier molecular flexibility index (Phi) is 8.74. The van der Waals surface area contributed by atoms with Gasteiger partial charge in [-0.15, -0.1) is 24.8 Å². The van der Waals surface area contributed by atoms with Crippen molar-refractivity contribution in [2.45, 2.75) is 12.6 Å². The predicted octanol–water partition coefficient (Wildman–Crippen LogP) is -0.169. The van der Waals surface area contributed by atoms with Gasteiger partial charge in [-0.05, 0) is 0 Å². The zero-order chi connectivity index (χ0) is 11.2. The zero-order valence-corrected chi connectivity index (χ0v) is 11.5. The summed E-state index contributed by atoms with van der Waals surface area (Å²) >= 11 is 0. The first-order chi connectivity index (χ1) is 7.86. The van der Waals surface area contributed by atoms with Gasteiger partial charge in [0.15, 0.2) is 0 Å². The molecule has 1 unspecified atom stereocenters. The average molecular weight is 297 g/mol. The largest absolute Gasteiger partial charge is 0.378 e. The molecular weight excluding hydrogens is 279 g/mol. The second-order valence-electron chi connectivity index (χ2n) is 3.67. The number of carbonyl (C=O) groups is 1. The van der Waals surface area contributed by atoms with E-state index in [0.29, 0.717) is 19.8 Å². The van der Waals surface area contributed by atoms with E-state index >= 15 is 0 Å². The van der Waals surface area contributed by atoms with Crippen molar-refractivity contribution < 1.29 is 9.53 Å². The molecule has 0 aromatic carbocycles. The maximum absolute atomic E-state index is 11.6. The summed E-state index contributed by atoms with van der Waals surface area (Å²) in [4.78, 5) is 15.6. The van der Waals surface area contributed by atoms with Gasteiger partial charge in [-0.2, -0.15) is 0 Å². The van der Waals surface area contributed by atoms with Crippen LogP contribution in [-0.2, 0) is 16.1 Å². The topological polar surface area (TPSA) is 68.2 Å². The molecule has 1 saturated heterocycles. The number of nitrogens with zero attached hydrogens (tertiary/aromatic N) is 2. The smallest absolute Gasteiger partial charge is 0.239 e. The monoisotopic (exact) mass is 296 g/mol. The molecule has 8 heteroatoms. The number of amides is 1. The Morgan fingerprint density at radius 1 is 1.56 bits per heavy atom. The fraction of sp³-hybridized carbons (Fsp3) is 0.600. The Balaban J connectivity index is 0.00000144. The lowest BCUT2D eigenvalue weighted by atomic mass is 10.2. The van der Waals surface area contributed by atoms with E-state index in [9.17, 15) is 4.79 Å². The predicted molar refractivity (Wildman–Crippen MR) is 72.3 cm³/mol. The molecule has 18 heavy (non-hydrogen) atoms. The van der Waals surface area contributed by atoms with Gasteiger partial charge in [-0.3, -0.25) is 4.79 Å². The molecule has 1 aliphatic rings. The second kappa shape index (κ2) is 9.16. The van der Waals surface area contributed by atoms with Crippen LogP contribution in [0.2, 0.25) is 0 Å². The molecule has 2 rings (SSSR count). The lowest BCUT2D eigenvalue weighted by Gasteiger charge is -2.22. The minimum atomic E-state index is -0.212. The van der Waals surface area contributed by atoms with Gasteiger partial charge in [-0.1, -0.05) is 0 Å².